The standard InChI is InChI=1S/C11H21N3OS/c12-10(15)11(3-1-8-16-9-11)14-6-2-4-13-5-7-14/h13H,1-9H2,(H2,12,15). The highest BCUT2D eigenvalue weighted by Crippen LogP contribution is 2.32. The van der Waals surface area contributed by atoms with Gasteiger partial charge in [-0.2, -0.15) is 11.8 Å². The first-order chi connectivity index (χ1) is 7.76. The van der Waals surface area contributed by atoms with Crippen molar-refractivity contribution in [3.63, 3.8) is 0 Å². The molecule has 1 unspecified atom stereocenters. The van der Waals surface area contributed by atoms with E-state index in [1.807, 2.05) is 11.8 Å². The van der Waals surface area contributed by atoms with Crippen LogP contribution < -0.4 is 11.1 Å². The highest BCUT2D eigenvalue weighted by molar-refractivity contribution is 7.99. The normalized spacial score (nSPS) is 33.2. The molecule has 0 saturated carbocycles. The van der Waals surface area contributed by atoms with Gasteiger partial charge in [-0.1, -0.05) is 0 Å². The average molecular weight is 243 g/mol. The molecular weight excluding hydrogens is 222 g/mol. The molecule has 1 amide bonds. The van der Waals surface area contributed by atoms with E-state index in [-0.39, 0.29) is 11.4 Å². The summed E-state index contributed by atoms with van der Waals surface area (Å²) >= 11 is 1.87. The molecule has 1 atom stereocenters. The predicted octanol–water partition coefficient (Wildman–Crippen LogP) is 0.0328. The van der Waals surface area contributed by atoms with Crippen molar-refractivity contribution in [2.75, 3.05) is 37.7 Å². The van der Waals surface area contributed by atoms with Gasteiger partial charge in [0.15, 0.2) is 0 Å². The highest BCUT2D eigenvalue weighted by atomic mass is 32.2. The molecule has 2 heterocycles. The second-order valence-corrected chi connectivity index (χ2v) is 5.75. The van der Waals surface area contributed by atoms with Crippen LogP contribution >= 0.6 is 11.8 Å². The SMILES string of the molecule is NC(=O)C1(N2CCCNCC2)CCCSC1. The zero-order chi connectivity index (χ0) is 11.4. The maximum Gasteiger partial charge on any atom is 0.238 e. The molecule has 0 bridgehead atoms. The Morgan fingerprint density at radius 1 is 1.31 bits per heavy atom. The third-order valence-corrected chi connectivity index (χ3v) is 4.88. The van der Waals surface area contributed by atoms with Crippen LogP contribution in [0.3, 0.4) is 0 Å². The molecule has 92 valence electrons. The number of nitrogens with two attached hydrogens (primary N) is 1. The molecule has 2 fully saturated rings. The third-order valence-electron chi connectivity index (χ3n) is 3.62. The van der Waals surface area contributed by atoms with Gasteiger partial charge in [-0.25, -0.2) is 0 Å². The minimum Gasteiger partial charge on any atom is -0.368 e. The van der Waals surface area contributed by atoms with Crippen molar-refractivity contribution in [1.82, 2.24) is 10.2 Å². The summed E-state index contributed by atoms with van der Waals surface area (Å²) in [6.45, 7) is 3.97. The van der Waals surface area contributed by atoms with Crippen molar-refractivity contribution >= 4 is 17.7 Å². The minimum atomic E-state index is -0.366. The fraction of sp³-hybridized carbons (Fsp3) is 0.909. The fourth-order valence-corrected chi connectivity index (χ4v) is 3.95. The van der Waals surface area contributed by atoms with Gasteiger partial charge in [0.2, 0.25) is 5.91 Å². The highest BCUT2D eigenvalue weighted by Gasteiger charge is 2.43. The number of nitrogens with zero attached hydrogens (tertiary/aromatic N) is 1. The number of primary amides is 1. The smallest absolute Gasteiger partial charge is 0.238 e. The third kappa shape index (κ3) is 2.36. The van der Waals surface area contributed by atoms with Gasteiger partial charge in [0.25, 0.3) is 0 Å². The number of nitrogens with one attached hydrogen (secondary N) is 1. The molecule has 2 aliphatic heterocycles. The van der Waals surface area contributed by atoms with Gasteiger partial charge in [-0.15, -0.1) is 0 Å². The lowest BCUT2D eigenvalue weighted by Gasteiger charge is -2.43. The summed E-state index contributed by atoms with van der Waals surface area (Å²) in [4.78, 5) is 14.2. The molecular formula is C11H21N3OS. The van der Waals surface area contributed by atoms with E-state index in [2.05, 4.69) is 10.2 Å². The van der Waals surface area contributed by atoms with E-state index in [1.54, 1.807) is 0 Å². The molecule has 0 aromatic heterocycles. The molecule has 2 rings (SSSR count). The van der Waals surface area contributed by atoms with Crippen molar-refractivity contribution in [3.05, 3.63) is 0 Å². The van der Waals surface area contributed by atoms with Crippen LogP contribution in [-0.4, -0.2) is 54.0 Å². The van der Waals surface area contributed by atoms with Crippen LogP contribution in [0.15, 0.2) is 0 Å². The van der Waals surface area contributed by atoms with Crippen LogP contribution in [0.1, 0.15) is 19.3 Å². The average Bonchev–Trinajstić information content (AvgIpc) is 2.58. The lowest BCUT2D eigenvalue weighted by Crippen LogP contribution is -2.61. The largest absolute Gasteiger partial charge is 0.368 e. The Morgan fingerprint density at radius 3 is 2.88 bits per heavy atom. The molecule has 16 heavy (non-hydrogen) atoms. The zero-order valence-electron chi connectivity index (χ0n) is 9.71. The first-order valence-electron chi connectivity index (χ1n) is 6.09. The number of hydrogen-bond donors (Lipinski definition) is 2. The Hall–Kier alpha value is -0.260. The van der Waals surface area contributed by atoms with Gasteiger partial charge >= 0.3 is 0 Å². The lowest BCUT2D eigenvalue weighted by atomic mass is 9.92. The second kappa shape index (κ2) is 5.38. The summed E-state index contributed by atoms with van der Waals surface area (Å²) in [6, 6.07) is 0. The molecule has 0 aromatic carbocycles. The van der Waals surface area contributed by atoms with Gasteiger partial charge < -0.3 is 11.1 Å². The van der Waals surface area contributed by atoms with E-state index in [0.717, 1.165) is 51.2 Å². The maximum atomic E-state index is 11.8. The monoisotopic (exact) mass is 243 g/mol. The summed E-state index contributed by atoms with van der Waals surface area (Å²) in [7, 11) is 0. The quantitative estimate of drug-likeness (QED) is 0.718. The second-order valence-electron chi connectivity index (χ2n) is 4.64. The maximum absolute atomic E-state index is 11.8. The van der Waals surface area contributed by atoms with Gasteiger partial charge in [0.05, 0.1) is 0 Å². The van der Waals surface area contributed by atoms with Crippen LogP contribution in [0.5, 0.6) is 0 Å². The zero-order valence-corrected chi connectivity index (χ0v) is 10.5. The van der Waals surface area contributed by atoms with E-state index in [0.29, 0.717) is 0 Å². The molecule has 0 radical (unpaired) electrons. The van der Waals surface area contributed by atoms with Crippen LogP contribution in [0.2, 0.25) is 0 Å². The first kappa shape index (κ1) is 12.2. The number of hydrogen-bond acceptors (Lipinski definition) is 4. The molecule has 0 aliphatic carbocycles. The predicted molar refractivity (Wildman–Crippen MR) is 67.5 cm³/mol. The summed E-state index contributed by atoms with van der Waals surface area (Å²) in [5, 5.41) is 3.37. The Balaban J connectivity index is 2.12. The molecule has 2 aliphatic rings. The van der Waals surface area contributed by atoms with Crippen LogP contribution in [-0.2, 0) is 4.79 Å². The molecule has 4 nitrogen and oxygen atoms in total. The number of thioether (sulfide) groups is 1. The number of amides is 1. The minimum absolute atomic E-state index is 0.124. The van der Waals surface area contributed by atoms with Gasteiger partial charge in [0, 0.05) is 25.4 Å². The Labute approximate surface area is 101 Å². The molecule has 3 N–H and O–H groups in total. The summed E-state index contributed by atoms with van der Waals surface area (Å²) < 4.78 is 0. The van der Waals surface area contributed by atoms with E-state index in [9.17, 15) is 4.79 Å². The first-order valence-corrected chi connectivity index (χ1v) is 7.25. The van der Waals surface area contributed by atoms with Crippen LogP contribution in [0.25, 0.3) is 0 Å². The van der Waals surface area contributed by atoms with Crippen molar-refractivity contribution < 1.29 is 4.79 Å². The molecule has 0 aromatic rings. The Morgan fingerprint density at radius 2 is 2.19 bits per heavy atom. The topological polar surface area (TPSA) is 58.4 Å². The molecule has 2 saturated heterocycles. The summed E-state index contributed by atoms with van der Waals surface area (Å²) in [6.07, 6.45) is 3.16. The van der Waals surface area contributed by atoms with Crippen molar-refractivity contribution in [2.24, 2.45) is 5.73 Å². The van der Waals surface area contributed by atoms with E-state index < -0.39 is 0 Å². The van der Waals surface area contributed by atoms with Crippen LogP contribution in [0.4, 0.5) is 0 Å². The van der Waals surface area contributed by atoms with Crippen molar-refractivity contribution in [2.45, 2.75) is 24.8 Å². The van der Waals surface area contributed by atoms with Crippen LogP contribution in [0, 0.1) is 0 Å². The Kier molecular flexibility index (Phi) is 4.10. The van der Waals surface area contributed by atoms with Gasteiger partial charge in [-0.05, 0) is 31.6 Å². The number of carbonyl (C=O) groups is 1. The van der Waals surface area contributed by atoms with E-state index in [4.69, 9.17) is 5.73 Å². The summed E-state index contributed by atoms with van der Waals surface area (Å²) in [5.41, 5.74) is 5.30. The lowest BCUT2D eigenvalue weighted by molar-refractivity contribution is -0.129. The van der Waals surface area contributed by atoms with E-state index >= 15 is 0 Å². The Bertz CT molecular complexity index is 246. The van der Waals surface area contributed by atoms with Crippen molar-refractivity contribution in [1.29, 1.82) is 0 Å². The van der Waals surface area contributed by atoms with E-state index in [1.165, 1.54) is 5.75 Å². The molecule has 0 spiro atoms. The van der Waals surface area contributed by atoms with Gasteiger partial charge in [0.1, 0.15) is 5.54 Å². The van der Waals surface area contributed by atoms with Crippen molar-refractivity contribution in [3.8, 4) is 0 Å². The fourth-order valence-electron chi connectivity index (χ4n) is 2.65. The summed E-state index contributed by atoms with van der Waals surface area (Å²) in [5.74, 6) is 1.92. The molecule has 5 heteroatoms. The number of rotatable bonds is 2. The number of carbonyl (C=O) groups excluding carboxylic acids is 1. The van der Waals surface area contributed by atoms with Gasteiger partial charge in [-0.3, -0.25) is 9.69 Å².